The van der Waals surface area contributed by atoms with Crippen LogP contribution in [0.4, 0.5) is 0 Å². The first-order valence-electron chi connectivity index (χ1n) is 8.44. The van der Waals surface area contributed by atoms with Gasteiger partial charge < -0.3 is 5.32 Å². The molecule has 2 saturated heterocycles. The number of likely N-dealkylation sites (tertiary alicyclic amines) is 1. The third kappa shape index (κ3) is 3.18. The molecule has 0 atom stereocenters. The molecule has 1 N–H and O–H groups in total. The zero-order valence-corrected chi connectivity index (χ0v) is 15.0. The van der Waals surface area contributed by atoms with Crippen molar-refractivity contribution in [3.63, 3.8) is 0 Å². The Morgan fingerprint density at radius 2 is 2.00 bits per heavy atom. The second-order valence-electron chi connectivity index (χ2n) is 6.94. The molecule has 1 spiro atoms. The van der Waals surface area contributed by atoms with Crippen LogP contribution in [0.5, 0.6) is 0 Å². The van der Waals surface area contributed by atoms with Gasteiger partial charge in [0, 0.05) is 13.1 Å². The van der Waals surface area contributed by atoms with Crippen LogP contribution in [0.2, 0.25) is 10.0 Å². The highest BCUT2D eigenvalue weighted by Gasteiger charge is 2.38. The van der Waals surface area contributed by atoms with E-state index in [1.54, 1.807) is 10.7 Å². The Morgan fingerprint density at radius 3 is 2.83 bits per heavy atom. The molecule has 2 aliphatic heterocycles. The average Bonchev–Trinajstić information content (AvgIpc) is 3.19. The Kier molecular flexibility index (Phi) is 4.52. The molecular weight excluding hydrogens is 345 g/mol. The monoisotopic (exact) mass is 365 g/mol. The van der Waals surface area contributed by atoms with E-state index in [-0.39, 0.29) is 0 Å². The zero-order valence-electron chi connectivity index (χ0n) is 13.5. The number of nitrogens with zero attached hydrogens (tertiary/aromatic N) is 4. The lowest BCUT2D eigenvalue weighted by Gasteiger charge is -2.33. The summed E-state index contributed by atoms with van der Waals surface area (Å²) >= 11 is 12.4. The molecule has 0 amide bonds. The molecule has 24 heavy (non-hydrogen) atoms. The van der Waals surface area contributed by atoms with Crippen molar-refractivity contribution in [3.8, 4) is 5.69 Å². The molecule has 128 valence electrons. The van der Waals surface area contributed by atoms with Gasteiger partial charge in [-0.25, -0.2) is 4.68 Å². The number of rotatable bonds is 3. The second kappa shape index (κ2) is 6.64. The predicted octanol–water partition coefficient (Wildman–Crippen LogP) is 3.15. The van der Waals surface area contributed by atoms with Gasteiger partial charge in [-0.2, -0.15) is 0 Å². The van der Waals surface area contributed by atoms with Crippen LogP contribution in [-0.4, -0.2) is 46.1 Å². The maximum atomic E-state index is 6.27. The van der Waals surface area contributed by atoms with E-state index < -0.39 is 0 Å². The number of piperidine rings is 1. The first-order chi connectivity index (χ1) is 11.7. The fourth-order valence-corrected chi connectivity index (χ4v) is 4.30. The number of benzene rings is 1. The highest BCUT2D eigenvalue weighted by atomic mass is 35.5. The molecular formula is C17H21Cl2N5. The smallest absolute Gasteiger partial charge is 0.0971 e. The molecule has 0 radical (unpaired) electrons. The van der Waals surface area contributed by atoms with E-state index in [1.807, 2.05) is 18.3 Å². The molecule has 4 rings (SSSR count). The predicted molar refractivity (Wildman–Crippen MR) is 95.8 cm³/mol. The lowest BCUT2D eigenvalue weighted by molar-refractivity contribution is 0.193. The van der Waals surface area contributed by atoms with Gasteiger partial charge in [-0.1, -0.05) is 34.5 Å². The van der Waals surface area contributed by atoms with E-state index in [1.165, 1.54) is 25.8 Å². The topological polar surface area (TPSA) is 46.0 Å². The second-order valence-corrected chi connectivity index (χ2v) is 7.72. The van der Waals surface area contributed by atoms with Crippen LogP contribution in [0.15, 0.2) is 24.4 Å². The Morgan fingerprint density at radius 1 is 1.17 bits per heavy atom. The molecule has 0 saturated carbocycles. The highest BCUT2D eigenvalue weighted by Crippen LogP contribution is 2.39. The Labute approximate surface area is 151 Å². The van der Waals surface area contributed by atoms with E-state index in [0.717, 1.165) is 37.6 Å². The summed E-state index contributed by atoms with van der Waals surface area (Å²) in [6, 6.07) is 5.53. The Bertz CT molecular complexity index is 724. The molecule has 5 nitrogen and oxygen atoms in total. The summed E-state index contributed by atoms with van der Waals surface area (Å²) in [6.45, 7) is 5.45. The summed E-state index contributed by atoms with van der Waals surface area (Å²) in [4.78, 5) is 2.50. The standard InChI is InChI=1S/C17H21Cl2N5/c18-14-2-1-3-15(16(14)19)24-11-13(21-22-24)10-23-9-6-17(12-23)4-7-20-8-5-17/h1-3,11,20H,4-10,12H2. The summed E-state index contributed by atoms with van der Waals surface area (Å²) in [5.74, 6) is 0. The van der Waals surface area contributed by atoms with E-state index >= 15 is 0 Å². The van der Waals surface area contributed by atoms with Gasteiger partial charge in [-0.15, -0.1) is 5.10 Å². The summed E-state index contributed by atoms with van der Waals surface area (Å²) < 4.78 is 1.71. The van der Waals surface area contributed by atoms with Crippen LogP contribution < -0.4 is 5.32 Å². The molecule has 2 fully saturated rings. The molecule has 7 heteroatoms. The Balaban J connectivity index is 1.45. The third-order valence-electron chi connectivity index (χ3n) is 5.29. The van der Waals surface area contributed by atoms with Gasteiger partial charge in [0.2, 0.25) is 0 Å². The minimum atomic E-state index is 0.505. The van der Waals surface area contributed by atoms with Crippen molar-refractivity contribution in [2.45, 2.75) is 25.8 Å². The van der Waals surface area contributed by atoms with Crippen molar-refractivity contribution in [1.82, 2.24) is 25.2 Å². The van der Waals surface area contributed by atoms with Crippen molar-refractivity contribution < 1.29 is 0 Å². The number of nitrogens with one attached hydrogen (secondary N) is 1. The van der Waals surface area contributed by atoms with Crippen molar-refractivity contribution in [1.29, 1.82) is 0 Å². The van der Waals surface area contributed by atoms with Crippen LogP contribution in [0.3, 0.4) is 0 Å². The minimum Gasteiger partial charge on any atom is -0.317 e. The Hall–Kier alpha value is -1.14. The summed E-state index contributed by atoms with van der Waals surface area (Å²) in [5, 5.41) is 13.0. The number of hydrogen-bond donors (Lipinski definition) is 1. The van der Waals surface area contributed by atoms with E-state index in [9.17, 15) is 0 Å². The molecule has 0 aliphatic carbocycles. The fraction of sp³-hybridized carbons (Fsp3) is 0.529. The fourth-order valence-electron chi connectivity index (χ4n) is 3.91. The van der Waals surface area contributed by atoms with Crippen molar-refractivity contribution in [2.24, 2.45) is 5.41 Å². The maximum Gasteiger partial charge on any atom is 0.0971 e. The zero-order chi connectivity index (χ0) is 16.6. The quantitative estimate of drug-likeness (QED) is 0.907. The lowest BCUT2D eigenvalue weighted by atomic mass is 9.78. The normalized spacial score (nSPS) is 20.8. The van der Waals surface area contributed by atoms with Crippen LogP contribution in [0.1, 0.15) is 25.0 Å². The largest absolute Gasteiger partial charge is 0.317 e. The van der Waals surface area contributed by atoms with Gasteiger partial charge in [0.15, 0.2) is 0 Å². The van der Waals surface area contributed by atoms with Crippen molar-refractivity contribution >= 4 is 23.2 Å². The average molecular weight is 366 g/mol. The summed E-state index contributed by atoms with van der Waals surface area (Å²) in [5.41, 5.74) is 2.24. The van der Waals surface area contributed by atoms with E-state index in [4.69, 9.17) is 23.2 Å². The van der Waals surface area contributed by atoms with Gasteiger partial charge in [0.25, 0.3) is 0 Å². The van der Waals surface area contributed by atoms with Gasteiger partial charge in [-0.05, 0) is 56.4 Å². The van der Waals surface area contributed by atoms with Crippen molar-refractivity contribution in [2.75, 3.05) is 26.2 Å². The summed E-state index contributed by atoms with van der Waals surface area (Å²) in [7, 11) is 0. The van der Waals surface area contributed by atoms with Gasteiger partial charge in [0.1, 0.15) is 0 Å². The van der Waals surface area contributed by atoms with Crippen LogP contribution in [0.25, 0.3) is 5.69 Å². The lowest BCUT2D eigenvalue weighted by Crippen LogP contribution is -2.38. The van der Waals surface area contributed by atoms with Crippen LogP contribution in [-0.2, 0) is 6.54 Å². The SMILES string of the molecule is Clc1cccc(-n2cc(CN3CCC4(CCNCC4)C3)nn2)c1Cl. The van der Waals surface area contributed by atoms with Crippen LogP contribution >= 0.6 is 23.2 Å². The minimum absolute atomic E-state index is 0.505. The highest BCUT2D eigenvalue weighted by molar-refractivity contribution is 6.43. The molecule has 2 aliphatic rings. The summed E-state index contributed by atoms with van der Waals surface area (Å²) in [6.07, 6.45) is 5.82. The van der Waals surface area contributed by atoms with Crippen LogP contribution in [0, 0.1) is 5.41 Å². The first-order valence-corrected chi connectivity index (χ1v) is 9.20. The first kappa shape index (κ1) is 16.3. The maximum absolute atomic E-state index is 6.27. The molecule has 0 bridgehead atoms. The number of hydrogen-bond acceptors (Lipinski definition) is 4. The van der Waals surface area contributed by atoms with Crippen molar-refractivity contribution in [3.05, 3.63) is 40.1 Å². The number of halogens is 2. The van der Waals surface area contributed by atoms with E-state index in [2.05, 4.69) is 20.5 Å². The molecule has 1 aromatic carbocycles. The van der Waals surface area contributed by atoms with Gasteiger partial charge >= 0.3 is 0 Å². The third-order valence-corrected chi connectivity index (χ3v) is 6.09. The molecule has 2 aromatic rings. The number of aromatic nitrogens is 3. The van der Waals surface area contributed by atoms with Gasteiger partial charge in [-0.3, -0.25) is 4.90 Å². The molecule has 1 aromatic heterocycles. The molecule has 3 heterocycles. The van der Waals surface area contributed by atoms with Gasteiger partial charge in [0.05, 0.1) is 27.6 Å². The van der Waals surface area contributed by atoms with E-state index in [0.29, 0.717) is 15.5 Å². The molecule has 0 unspecified atom stereocenters.